The molecule has 0 aliphatic rings. The lowest BCUT2D eigenvalue weighted by molar-refractivity contribution is 0.0774. The first-order valence-corrected chi connectivity index (χ1v) is 6.72. The number of hydrogen-bond acceptors (Lipinski definition) is 1. The molecule has 0 bridgehead atoms. The minimum atomic E-state index is -0.848. The van der Waals surface area contributed by atoms with E-state index < -0.39 is 17.5 Å². The fraction of sp³-hybridized carbons (Fsp3) is 0.235. The van der Waals surface area contributed by atoms with Crippen LogP contribution < -0.4 is 0 Å². The summed E-state index contributed by atoms with van der Waals surface area (Å²) < 4.78 is 26.6. The Labute approximate surface area is 124 Å². The standard InChI is InChI=1S/C17H19F2NO/c1-4-7-13(8-5-2)12-20(6-3)17(21)15-10-9-14(18)11-16(15)19/h4-5,7-11H,1,6,12H2,2-3H3/b8-5-,13-7+. The summed E-state index contributed by atoms with van der Waals surface area (Å²) in [5.41, 5.74) is 0.752. The highest BCUT2D eigenvalue weighted by molar-refractivity contribution is 5.94. The Balaban J connectivity index is 3.01. The summed E-state index contributed by atoms with van der Waals surface area (Å²) in [5, 5.41) is 0. The van der Waals surface area contributed by atoms with Crippen LogP contribution in [0.5, 0.6) is 0 Å². The van der Waals surface area contributed by atoms with Crippen LogP contribution in [0.4, 0.5) is 8.78 Å². The fourth-order valence-electron chi connectivity index (χ4n) is 1.91. The number of rotatable bonds is 6. The minimum Gasteiger partial charge on any atom is -0.335 e. The van der Waals surface area contributed by atoms with E-state index >= 15 is 0 Å². The lowest BCUT2D eigenvalue weighted by Crippen LogP contribution is -2.33. The van der Waals surface area contributed by atoms with Crippen LogP contribution in [0.25, 0.3) is 0 Å². The molecule has 0 N–H and O–H groups in total. The second-order valence-corrected chi connectivity index (χ2v) is 4.42. The number of hydrogen-bond donors (Lipinski definition) is 0. The van der Waals surface area contributed by atoms with E-state index in [1.807, 2.05) is 19.1 Å². The van der Waals surface area contributed by atoms with Crippen LogP contribution in [0.1, 0.15) is 24.2 Å². The molecule has 0 atom stereocenters. The van der Waals surface area contributed by atoms with Gasteiger partial charge in [-0.3, -0.25) is 4.79 Å². The predicted molar refractivity (Wildman–Crippen MR) is 81.0 cm³/mol. The number of benzene rings is 1. The predicted octanol–water partition coefficient (Wildman–Crippen LogP) is 4.12. The van der Waals surface area contributed by atoms with Gasteiger partial charge in [-0.1, -0.05) is 30.9 Å². The zero-order chi connectivity index (χ0) is 15.8. The molecular weight excluding hydrogens is 272 g/mol. The van der Waals surface area contributed by atoms with Crippen molar-refractivity contribution in [3.05, 3.63) is 71.9 Å². The van der Waals surface area contributed by atoms with Gasteiger partial charge in [0.1, 0.15) is 11.6 Å². The van der Waals surface area contributed by atoms with Crippen molar-refractivity contribution in [3.63, 3.8) is 0 Å². The fourth-order valence-corrected chi connectivity index (χ4v) is 1.91. The third-order valence-corrected chi connectivity index (χ3v) is 2.92. The third kappa shape index (κ3) is 4.67. The smallest absolute Gasteiger partial charge is 0.257 e. The molecule has 0 aliphatic carbocycles. The molecule has 2 nitrogen and oxygen atoms in total. The van der Waals surface area contributed by atoms with Crippen molar-refractivity contribution >= 4 is 5.91 Å². The van der Waals surface area contributed by atoms with Crippen LogP contribution in [0.15, 0.2) is 54.7 Å². The van der Waals surface area contributed by atoms with Gasteiger partial charge in [0.2, 0.25) is 0 Å². The first kappa shape index (κ1) is 16.8. The van der Waals surface area contributed by atoms with Crippen molar-refractivity contribution in [1.82, 2.24) is 4.90 Å². The van der Waals surface area contributed by atoms with Crippen LogP contribution in [-0.2, 0) is 0 Å². The average molecular weight is 291 g/mol. The lowest BCUT2D eigenvalue weighted by atomic mass is 10.1. The van der Waals surface area contributed by atoms with E-state index in [1.165, 1.54) is 11.0 Å². The van der Waals surface area contributed by atoms with E-state index in [4.69, 9.17) is 0 Å². The summed E-state index contributed by atoms with van der Waals surface area (Å²) in [5.74, 6) is -2.01. The van der Waals surface area contributed by atoms with Gasteiger partial charge >= 0.3 is 0 Å². The molecule has 0 saturated heterocycles. The highest BCUT2D eigenvalue weighted by Crippen LogP contribution is 2.14. The number of carbonyl (C=O) groups excluding carboxylic acids is 1. The molecule has 112 valence electrons. The third-order valence-electron chi connectivity index (χ3n) is 2.92. The quantitative estimate of drug-likeness (QED) is 0.722. The molecule has 1 aromatic carbocycles. The zero-order valence-electron chi connectivity index (χ0n) is 12.3. The highest BCUT2D eigenvalue weighted by Gasteiger charge is 2.18. The normalized spacial score (nSPS) is 11.7. The van der Waals surface area contributed by atoms with Crippen LogP contribution in [-0.4, -0.2) is 23.9 Å². The van der Waals surface area contributed by atoms with E-state index in [1.54, 1.807) is 19.1 Å². The molecule has 0 saturated carbocycles. The number of allylic oxidation sites excluding steroid dienone is 3. The van der Waals surface area contributed by atoms with Gasteiger partial charge in [0.15, 0.2) is 0 Å². The van der Waals surface area contributed by atoms with E-state index in [9.17, 15) is 13.6 Å². The maximum Gasteiger partial charge on any atom is 0.257 e. The average Bonchev–Trinajstić information content (AvgIpc) is 2.44. The van der Waals surface area contributed by atoms with Crippen LogP contribution in [0.2, 0.25) is 0 Å². The summed E-state index contributed by atoms with van der Waals surface area (Å²) in [6.45, 7) is 8.06. The van der Waals surface area contributed by atoms with Gasteiger partial charge in [0.25, 0.3) is 5.91 Å². The Morgan fingerprint density at radius 1 is 1.38 bits per heavy atom. The Morgan fingerprint density at radius 2 is 2.10 bits per heavy atom. The molecule has 0 radical (unpaired) electrons. The van der Waals surface area contributed by atoms with Gasteiger partial charge in [0, 0.05) is 19.2 Å². The van der Waals surface area contributed by atoms with Crippen molar-refractivity contribution in [2.45, 2.75) is 13.8 Å². The maximum absolute atomic E-state index is 13.7. The molecule has 0 aromatic heterocycles. The highest BCUT2D eigenvalue weighted by atomic mass is 19.1. The van der Waals surface area contributed by atoms with Gasteiger partial charge < -0.3 is 4.90 Å². The number of amides is 1. The van der Waals surface area contributed by atoms with Crippen molar-refractivity contribution in [2.75, 3.05) is 13.1 Å². The van der Waals surface area contributed by atoms with Crippen molar-refractivity contribution < 1.29 is 13.6 Å². The Bertz CT molecular complexity index is 576. The molecule has 0 fully saturated rings. The topological polar surface area (TPSA) is 20.3 Å². The molecule has 0 unspecified atom stereocenters. The van der Waals surface area contributed by atoms with Gasteiger partial charge in [-0.2, -0.15) is 0 Å². The molecule has 4 heteroatoms. The molecule has 21 heavy (non-hydrogen) atoms. The Hall–Kier alpha value is -2.23. The largest absolute Gasteiger partial charge is 0.335 e. The molecule has 0 spiro atoms. The molecular formula is C17H19F2NO. The molecule has 0 heterocycles. The Kier molecular flexibility index (Phi) is 6.53. The second-order valence-electron chi connectivity index (χ2n) is 4.42. The lowest BCUT2D eigenvalue weighted by Gasteiger charge is -2.21. The molecule has 1 amide bonds. The first-order valence-electron chi connectivity index (χ1n) is 6.72. The van der Waals surface area contributed by atoms with E-state index in [2.05, 4.69) is 6.58 Å². The second kappa shape index (κ2) is 8.15. The van der Waals surface area contributed by atoms with Crippen LogP contribution >= 0.6 is 0 Å². The minimum absolute atomic E-state index is 0.128. The SMILES string of the molecule is C=C/C=C(\C=C/C)CN(CC)C(=O)c1ccc(F)cc1F. The van der Waals surface area contributed by atoms with Crippen LogP contribution in [0.3, 0.4) is 0 Å². The van der Waals surface area contributed by atoms with Gasteiger partial charge in [-0.25, -0.2) is 8.78 Å². The van der Waals surface area contributed by atoms with Crippen molar-refractivity contribution in [1.29, 1.82) is 0 Å². The summed E-state index contributed by atoms with van der Waals surface area (Å²) in [7, 11) is 0. The van der Waals surface area contributed by atoms with Gasteiger partial charge in [0.05, 0.1) is 5.56 Å². The Morgan fingerprint density at radius 3 is 2.62 bits per heavy atom. The van der Waals surface area contributed by atoms with E-state index in [-0.39, 0.29) is 5.56 Å². The summed E-state index contributed by atoms with van der Waals surface area (Å²) in [6.07, 6.45) is 7.13. The van der Waals surface area contributed by atoms with Crippen molar-refractivity contribution in [3.8, 4) is 0 Å². The van der Waals surface area contributed by atoms with Crippen LogP contribution in [0, 0.1) is 11.6 Å². The summed E-state index contributed by atoms with van der Waals surface area (Å²) in [4.78, 5) is 13.8. The van der Waals surface area contributed by atoms with Gasteiger partial charge in [-0.15, -0.1) is 0 Å². The number of carbonyl (C=O) groups is 1. The molecule has 1 aromatic rings. The van der Waals surface area contributed by atoms with Crippen molar-refractivity contribution in [2.24, 2.45) is 0 Å². The number of nitrogens with zero attached hydrogens (tertiary/aromatic N) is 1. The summed E-state index contributed by atoms with van der Waals surface area (Å²) >= 11 is 0. The van der Waals surface area contributed by atoms with E-state index in [0.717, 1.165) is 11.6 Å². The zero-order valence-corrected chi connectivity index (χ0v) is 12.3. The summed E-state index contributed by atoms with van der Waals surface area (Å²) in [6, 6.07) is 2.96. The maximum atomic E-state index is 13.7. The number of likely N-dealkylation sites (N-methyl/N-ethyl adjacent to an activating group) is 1. The molecule has 0 aliphatic heterocycles. The number of halogens is 2. The monoisotopic (exact) mass is 291 g/mol. The van der Waals surface area contributed by atoms with E-state index in [0.29, 0.717) is 19.2 Å². The first-order chi connectivity index (χ1) is 10.0. The molecule has 1 rings (SSSR count). The van der Waals surface area contributed by atoms with Gasteiger partial charge in [-0.05, 0) is 31.6 Å².